The average molecular weight is 354 g/mol. The molecule has 1 amide bonds. The Morgan fingerprint density at radius 2 is 1.96 bits per heavy atom. The summed E-state index contributed by atoms with van der Waals surface area (Å²) in [6.45, 7) is 1.94. The van der Waals surface area contributed by atoms with Crippen molar-refractivity contribution >= 4 is 22.4 Å². The van der Waals surface area contributed by atoms with E-state index >= 15 is 0 Å². The average Bonchev–Trinajstić information content (AvgIpc) is 3.10. The van der Waals surface area contributed by atoms with E-state index in [1.54, 1.807) is 7.11 Å². The molecule has 128 valence electrons. The molecule has 1 N–H and O–H groups in total. The second-order valence-corrected chi connectivity index (χ2v) is 6.28. The van der Waals surface area contributed by atoms with E-state index < -0.39 is 0 Å². The van der Waals surface area contributed by atoms with Crippen molar-refractivity contribution in [1.82, 2.24) is 4.98 Å². The molecule has 0 aliphatic heterocycles. The zero-order valence-electron chi connectivity index (χ0n) is 14.0. The van der Waals surface area contributed by atoms with E-state index in [9.17, 15) is 4.79 Å². The molecule has 0 atom stereocenters. The molecule has 1 aromatic heterocycles. The van der Waals surface area contributed by atoms with Gasteiger partial charge in [0.05, 0.1) is 12.8 Å². The van der Waals surface area contributed by atoms with Crippen molar-refractivity contribution in [2.24, 2.45) is 0 Å². The number of carbonyl (C=O) groups is 1. The number of aromatic nitrogens is 1. The number of methoxy groups -OCH3 is 1. The smallest absolute Gasteiger partial charge is 0.264 e. The van der Waals surface area contributed by atoms with Crippen LogP contribution in [0.3, 0.4) is 0 Å². The molecule has 1 heterocycles. The molecule has 25 heavy (non-hydrogen) atoms. The standard InChI is InChI=1S/C19H18N2O3S/c1-13-6-8-15(9-7-13)24-11-18(22)21-19-20-17(12-25-19)14-4-3-5-16(10-14)23-2/h3-10,12H,11H2,1-2H3,(H,20,21,22). The van der Waals surface area contributed by atoms with Crippen molar-refractivity contribution in [3.63, 3.8) is 0 Å². The fourth-order valence-corrected chi connectivity index (χ4v) is 2.92. The number of ether oxygens (including phenoxy) is 2. The van der Waals surface area contributed by atoms with E-state index in [-0.39, 0.29) is 12.5 Å². The fraction of sp³-hybridized carbons (Fsp3) is 0.158. The molecule has 0 saturated heterocycles. The topological polar surface area (TPSA) is 60.5 Å². The van der Waals surface area contributed by atoms with Crippen LogP contribution in [0.25, 0.3) is 11.3 Å². The lowest BCUT2D eigenvalue weighted by molar-refractivity contribution is -0.118. The lowest BCUT2D eigenvalue weighted by Gasteiger charge is -2.06. The summed E-state index contributed by atoms with van der Waals surface area (Å²) in [7, 11) is 1.62. The molecule has 2 aromatic carbocycles. The number of hydrogen-bond acceptors (Lipinski definition) is 5. The third-order valence-electron chi connectivity index (χ3n) is 3.51. The molecule has 0 spiro atoms. The molecule has 5 nitrogen and oxygen atoms in total. The summed E-state index contributed by atoms with van der Waals surface area (Å²) in [5, 5.41) is 5.19. The van der Waals surface area contributed by atoms with E-state index in [0.29, 0.717) is 10.9 Å². The van der Waals surface area contributed by atoms with Crippen molar-refractivity contribution in [2.75, 3.05) is 19.0 Å². The Morgan fingerprint density at radius 1 is 1.16 bits per heavy atom. The van der Waals surface area contributed by atoms with Gasteiger partial charge in [0.25, 0.3) is 5.91 Å². The Kier molecular flexibility index (Phi) is 5.30. The number of benzene rings is 2. The lowest BCUT2D eigenvalue weighted by Crippen LogP contribution is -2.20. The maximum absolute atomic E-state index is 12.0. The molecule has 3 aromatic rings. The van der Waals surface area contributed by atoms with Crippen LogP contribution in [0.5, 0.6) is 11.5 Å². The molecule has 0 radical (unpaired) electrons. The molecule has 3 rings (SSSR count). The summed E-state index contributed by atoms with van der Waals surface area (Å²) in [6, 6.07) is 15.2. The van der Waals surface area contributed by atoms with Gasteiger partial charge in [-0.3, -0.25) is 10.1 Å². The minimum Gasteiger partial charge on any atom is -0.497 e. The van der Waals surface area contributed by atoms with Crippen molar-refractivity contribution in [3.8, 4) is 22.8 Å². The zero-order chi connectivity index (χ0) is 17.6. The first-order chi connectivity index (χ1) is 12.1. The summed E-state index contributed by atoms with van der Waals surface area (Å²) in [4.78, 5) is 16.4. The highest BCUT2D eigenvalue weighted by atomic mass is 32.1. The Balaban J connectivity index is 1.58. The quantitative estimate of drug-likeness (QED) is 0.722. The molecule has 0 unspecified atom stereocenters. The molecule has 0 aliphatic rings. The van der Waals surface area contributed by atoms with E-state index in [0.717, 1.165) is 22.6 Å². The van der Waals surface area contributed by atoms with Crippen molar-refractivity contribution in [2.45, 2.75) is 6.92 Å². The van der Waals surface area contributed by atoms with E-state index in [1.807, 2.05) is 60.8 Å². The summed E-state index contributed by atoms with van der Waals surface area (Å²) >= 11 is 1.37. The van der Waals surface area contributed by atoms with Crippen LogP contribution in [0.1, 0.15) is 5.56 Å². The molecular weight excluding hydrogens is 336 g/mol. The number of amides is 1. The molecule has 0 fully saturated rings. The van der Waals surface area contributed by atoms with E-state index in [1.165, 1.54) is 11.3 Å². The number of carbonyl (C=O) groups excluding carboxylic acids is 1. The Hall–Kier alpha value is -2.86. The number of aryl methyl sites for hydroxylation is 1. The van der Waals surface area contributed by atoms with Gasteiger partial charge < -0.3 is 9.47 Å². The normalized spacial score (nSPS) is 10.3. The largest absolute Gasteiger partial charge is 0.497 e. The lowest BCUT2D eigenvalue weighted by atomic mass is 10.2. The van der Waals surface area contributed by atoms with Gasteiger partial charge in [-0.05, 0) is 31.2 Å². The van der Waals surface area contributed by atoms with E-state index in [4.69, 9.17) is 9.47 Å². The van der Waals surface area contributed by atoms with E-state index in [2.05, 4.69) is 10.3 Å². The third kappa shape index (κ3) is 4.58. The summed E-state index contributed by atoms with van der Waals surface area (Å²) < 4.78 is 10.7. The Bertz CT molecular complexity index is 859. The summed E-state index contributed by atoms with van der Waals surface area (Å²) in [5.41, 5.74) is 2.87. The number of nitrogens with zero attached hydrogens (tertiary/aromatic N) is 1. The van der Waals surface area contributed by atoms with Crippen LogP contribution in [0.15, 0.2) is 53.9 Å². The minimum absolute atomic E-state index is 0.0584. The van der Waals surface area contributed by atoms with Gasteiger partial charge in [0.15, 0.2) is 11.7 Å². The maximum atomic E-state index is 12.0. The highest BCUT2D eigenvalue weighted by Gasteiger charge is 2.09. The predicted octanol–water partition coefficient (Wildman–Crippen LogP) is 4.14. The molecule has 0 saturated carbocycles. The fourth-order valence-electron chi connectivity index (χ4n) is 2.18. The third-order valence-corrected chi connectivity index (χ3v) is 4.26. The monoisotopic (exact) mass is 354 g/mol. The van der Waals surface area contributed by atoms with Gasteiger partial charge in [-0.1, -0.05) is 29.8 Å². The van der Waals surface area contributed by atoms with Crippen LogP contribution < -0.4 is 14.8 Å². The van der Waals surface area contributed by atoms with Crippen LogP contribution in [0.2, 0.25) is 0 Å². The van der Waals surface area contributed by atoms with Gasteiger partial charge in [-0.15, -0.1) is 11.3 Å². The first kappa shape index (κ1) is 17.0. The van der Waals surface area contributed by atoms with Crippen LogP contribution in [0.4, 0.5) is 5.13 Å². The van der Waals surface area contributed by atoms with Gasteiger partial charge in [-0.2, -0.15) is 0 Å². The number of nitrogens with one attached hydrogen (secondary N) is 1. The SMILES string of the molecule is COc1cccc(-c2csc(NC(=O)COc3ccc(C)cc3)n2)c1. The zero-order valence-corrected chi connectivity index (χ0v) is 14.8. The molecule has 6 heteroatoms. The van der Waals surface area contributed by atoms with Gasteiger partial charge in [-0.25, -0.2) is 4.98 Å². The summed E-state index contributed by atoms with van der Waals surface area (Å²) in [6.07, 6.45) is 0. The van der Waals surface area contributed by atoms with Crippen LogP contribution in [-0.4, -0.2) is 24.6 Å². The number of hydrogen-bond donors (Lipinski definition) is 1. The first-order valence-electron chi connectivity index (χ1n) is 7.73. The van der Waals surface area contributed by atoms with Gasteiger partial charge in [0, 0.05) is 10.9 Å². The number of rotatable bonds is 6. The maximum Gasteiger partial charge on any atom is 0.264 e. The highest BCUT2D eigenvalue weighted by molar-refractivity contribution is 7.14. The van der Waals surface area contributed by atoms with Crippen molar-refractivity contribution < 1.29 is 14.3 Å². The van der Waals surface area contributed by atoms with Crippen LogP contribution >= 0.6 is 11.3 Å². The predicted molar refractivity (Wildman–Crippen MR) is 99.4 cm³/mol. The van der Waals surface area contributed by atoms with Crippen molar-refractivity contribution in [1.29, 1.82) is 0 Å². The molecule has 0 aliphatic carbocycles. The van der Waals surface area contributed by atoms with Gasteiger partial charge in [0.2, 0.25) is 0 Å². The molecule has 0 bridgehead atoms. The Labute approximate surface area is 150 Å². The van der Waals surface area contributed by atoms with Crippen LogP contribution in [-0.2, 0) is 4.79 Å². The van der Waals surface area contributed by atoms with Crippen LogP contribution in [0, 0.1) is 6.92 Å². The second kappa shape index (κ2) is 7.81. The summed E-state index contributed by atoms with van der Waals surface area (Å²) in [5.74, 6) is 1.19. The van der Waals surface area contributed by atoms with Crippen molar-refractivity contribution in [3.05, 3.63) is 59.5 Å². The van der Waals surface area contributed by atoms with Gasteiger partial charge >= 0.3 is 0 Å². The number of anilines is 1. The Morgan fingerprint density at radius 3 is 2.72 bits per heavy atom. The highest BCUT2D eigenvalue weighted by Crippen LogP contribution is 2.27. The minimum atomic E-state index is -0.243. The number of thiazole rings is 1. The second-order valence-electron chi connectivity index (χ2n) is 5.42. The van der Waals surface area contributed by atoms with Gasteiger partial charge in [0.1, 0.15) is 11.5 Å². The first-order valence-corrected chi connectivity index (χ1v) is 8.61. The molecular formula is C19H18N2O3S.